The van der Waals surface area contributed by atoms with Crippen LogP contribution in [0.15, 0.2) is 42.5 Å². The molecule has 0 aliphatic heterocycles. The summed E-state index contributed by atoms with van der Waals surface area (Å²) < 4.78 is 5.21. The van der Waals surface area contributed by atoms with Gasteiger partial charge in [0.15, 0.2) is 5.78 Å². The van der Waals surface area contributed by atoms with Crippen LogP contribution < -0.4 is 10.5 Å². The summed E-state index contributed by atoms with van der Waals surface area (Å²) in [5.41, 5.74) is 9.21. The van der Waals surface area contributed by atoms with E-state index in [2.05, 4.69) is 9.97 Å². The van der Waals surface area contributed by atoms with Gasteiger partial charge in [-0.3, -0.25) is 4.79 Å². The number of imidazole rings is 1. The van der Waals surface area contributed by atoms with Crippen LogP contribution in [0.5, 0.6) is 5.75 Å². The van der Waals surface area contributed by atoms with E-state index in [9.17, 15) is 4.79 Å². The van der Waals surface area contributed by atoms with Crippen molar-refractivity contribution >= 4 is 16.8 Å². The number of rotatable bonds is 5. The van der Waals surface area contributed by atoms with Crippen molar-refractivity contribution in [2.24, 2.45) is 11.1 Å². The Morgan fingerprint density at radius 3 is 2.29 bits per heavy atom. The number of hydrogen-bond acceptors (Lipinski definition) is 4. The number of Topliss-reactive ketones (excluding diaryl/α,β-unsaturated/α-hetero) is 1. The topological polar surface area (TPSA) is 81.0 Å². The number of fused-ring (bicyclic) bond motifs is 1. The summed E-state index contributed by atoms with van der Waals surface area (Å²) in [4.78, 5) is 20.8. The Balaban J connectivity index is 1.96. The van der Waals surface area contributed by atoms with E-state index in [1.807, 2.05) is 77.1 Å². The van der Waals surface area contributed by atoms with Crippen LogP contribution in [0.1, 0.15) is 40.2 Å². The van der Waals surface area contributed by atoms with Crippen molar-refractivity contribution in [1.29, 1.82) is 0 Å². The number of aromatic amines is 1. The van der Waals surface area contributed by atoms with Gasteiger partial charge in [0, 0.05) is 16.4 Å². The number of ether oxygens (including phenoxy) is 1. The molecule has 0 bridgehead atoms. The minimum Gasteiger partial charge on any atom is -0.497 e. The quantitative estimate of drug-likeness (QED) is 0.686. The largest absolute Gasteiger partial charge is 0.497 e. The first-order valence-corrected chi connectivity index (χ1v) is 9.48. The zero-order chi connectivity index (χ0) is 20.7. The first kappa shape index (κ1) is 20.1. The van der Waals surface area contributed by atoms with E-state index in [1.165, 1.54) is 0 Å². The van der Waals surface area contributed by atoms with Crippen LogP contribution in [-0.4, -0.2) is 28.9 Å². The van der Waals surface area contributed by atoms with Gasteiger partial charge in [-0.25, -0.2) is 4.98 Å². The number of hydrogen-bond donors (Lipinski definition) is 2. The predicted octanol–water partition coefficient (Wildman–Crippen LogP) is 4.46. The molecule has 3 rings (SSSR count). The zero-order valence-electron chi connectivity index (χ0n) is 17.5. The summed E-state index contributed by atoms with van der Waals surface area (Å²) in [5, 5.41) is 0. The Hall–Kier alpha value is -2.66. The van der Waals surface area contributed by atoms with Crippen LogP contribution in [0.4, 0.5) is 0 Å². The molecule has 1 unspecified atom stereocenters. The van der Waals surface area contributed by atoms with Crippen molar-refractivity contribution in [3.63, 3.8) is 0 Å². The van der Waals surface area contributed by atoms with Crippen molar-refractivity contribution < 1.29 is 9.53 Å². The number of nitrogens with zero attached hydrogens (tertiary/aromatic N) is 1. The second-order valence-corrected chi connectivity index (χ2v) is 8.86. The fourth-order valence-electron chi connectivity index (χ4n) is 3.27. The molecule has 0 fully saturated rings. The highest BCUT2D eigenvalue weighted by Crippen LogP contribution is 2.33. The molecule has 1 heterocycles. The van der Waals surface area contributed by atoms with E-state index in [1.54, 1.807) is 7.11 Å². The van der Waals surface area contributed by atoms with Crippen LogP contribution in [-0.2, 0) is 10.2 Å². The van der Waals surface area contributed by atoms with Gasteiger partial charge in [0.2, 0.25) is 0 Å². The maximum atomic E-state index is 12.7. The van der Waals surface area contributed by atoms with Gasteiger partial charge in [0.05, 0.1) is 24.2 Å². The summed E-state index contributed by atoms with van der Waals surface area (Å²) in [6, 6.07) is 13.2. The molecule has 5 nitrogen and oxygen atoms in total. The SMILES string of the molecule is COc1ccc(-c2nc3ccc(C(C)(C)C(N)C(=O)C(C)(C)C)cc3[nH]2)cc1. The normalized spacial score (nSPS) is 13.5. The number of H-pyrrole nitrogens is 1. The average Bonchev–Trinajstić information content (AvgIpc) is 3.09. The molecule has 28 heavy (non-hydrogen) atoms. The number of nitrogens with one attached hydrogen (secondary N) is 1. The fraction of sp³-hybridized carbons (Fsp3) is 0.391. The molecule has 0 amide bonds. The number of carbonyl (C=O) groups excluding carboxylic acids is 1. The minimum absolute atomic E-state index is 0.0566. The highest BCUT2D eigenvalue weighted by atomic mass is 16.5. The number of nitrogens with two attached hydrogens (primary N) is 1. The summed E-state index contributed by atoms with van der Waals surface area (Å²) in [7, 11) is 1.65. The molecular weight excluding hydrogens is 350 g/mol. The molecule has 3 N–H and O–H groups in total. The predicted molar refractivity (Wildman–Crippen MR) is 114 cm³/mol. The van der Waals surface area contributed by atoms with E-state index < -0.39 is 16.9 Å². The number of methoxy groups -OCH3 is 1. The molecule has 2 aromatic carbocycles. The van der Waals surface area contributed by atoms with Crippen molar-refractivity contribution in [3.8, 4) is 17.1 Å². The Morgan fingerprint density at radius 2 is 1.71 bits per heavy atom. The third-order valence-electron chi connectivity index (χ3n) is 5.39. The van der Waals surface area contributed by atoms with Crippen LogP contribution >= 0.6 is 0 Å². The number of aromatic nitrogens is 2. The minimum atomic E-state index is -0.589. The molecule has 1 aromatic heterocycles. The number of ketones is 1. The lowest BCUT2D eigenvalue weighted by Crippen LogP contribution is -2.51. The molecule has 148 valence electrons. The van der Waals surface area contributed by atoms with Crippen LogP contribution in [0.2, 0.25) is 0 Å². The Labute approximate surface area is 166 Å². The van der Waals surface area contributed by atoms with Gasteiger partial charge >= 0.3 is 0 Å². The lowest BCUT2D eigenvalue weighted by atomic mass is 9.71. The summed E-state index contributed by atoms with van der Waals surface area (Å²) in [5.74, 6) is 1.66. The van der Waals surface area contributed by atoms with E-state index in [4.69, 9.17) is 10.5 Å². The first-order chi connectivity index (χ1) is 13.0. The Bertz CT molecular complexity index is 995. The second-order valence-electron chi connectivity index (χ2n) is 8.86. The van der Waals surface area contributed by atoms with Crippen LogP contribution in [0.25, 0.3) is 22.4 Å². The summed E-state index contributed by atoms with van der Waals surface area (Å²) in [6.07, 6.45) is 0. The van der Waals surface area contributed by atoms with Crippen LogP contribution in [0, 0.1) is 5.41 Å². The van der Waals surface area contributed by atoms with Gasteiger partial charge in [-0.1, -0.05) is 40.7 Å². The maximum absolute atomic E-state index is 12.7. The maximum Gasteiger partial charge on any atom is 0.155 e. The molecule has 0 aliphatic carbocycles. The van der Waals surface area contributed by atoms with E-state index in [-0.39, 0.29) is 5.78 Å². The zero-order valence-corrected chi connectivity index (χ0v) is 17.5. The second kappa shape index (κ2) is 7.06. The summed E-state index contributed by atoms with van der Waals surface area (Å²) >= 11 is 0. The molecule has 3 aromatic rings. The number of carbonyl (C=O) groups is 1. The standard InChI is InChI=1S/C23H29N3O2/c1-22(2,3)20(27)19(24)23(4,5)15-9-12-17-18(13-15)26-21(25-17)14-7-10-16(28-6)11-8-14/h7-13,19H,24H2,1-6H3,(H,25,26). The summed E-state index contributed by atoms with van der Waals surface area (Å²) in [6.45, 7) is 9.76. The Morgan fingerprint density at radius 1 is 1.07 bits per heavy atom. The third kappa shape index (κ3) is 3.67. The molecule has 0 saturated carbocycles. The highest BCUT2D eigenvalue weighted by molar-refractivity contribution is 5.90. The van der Waals surface area contributed by atoms with Gasteiger partial charge in [-0.2, -0.15) is 0 Å². The molecule has 0 saturated heterocycles. The van der Waals surface area contributed by atoms with Crippen molar-refractivity contribution in [2.75, 3.05) is 7.11 Å². The number of benzene rings is 2. The smallest absolute Gasteiger partial charge is 0.155 e. The molecule has 0 spiro atoms. The molecule has 1 atom stereocenters. The van der Waals surface area contributed by atoms with E-state index in [0.717, 1.165) is 33.7 Å². The third-order valence-corrected chi connectivity index (χ3v) is 5.39. The van der Waals surface area contributed by atoms with E-state index >= 15 is 0 Å². The lowest BCUT2D eigenvalue weighted by Gasteiger charge is -2.34. The van der Waals surface area contributed by atoms with Gasteiger partial charge in [-0.05, 0) is 42.0 Å². The van der Waals surface area contributed by atoms with Crippen molar-refractivity contribution in [1.82, 2.24) is 9.97 Å². The molecule has 0 radical (unpaired) electrons. The Kier molecular flexibility index (Phi) is 5.06. The van der Waals surface area contributed by atoms with E-state index in [0.29, 0.717) is 0 Å². The molecular formula is C23H29N3O2. The van der Waals surface area contributed by atoms with Gasteiger partial charge in [0.25, 0.3) is 0 Å². The van der Waals surface area contributed by atoms with Gasteiger partial charge in [0.1, 0.15) is 11.6 Å². The van der Waals surface area contributed by atoms with Crippen molar-refractivity contribution in [3.05, 3.63) is 48.0 Å². The first-order valence-electron chi connectivity index (χ1n) is 9.48. The molecule has 5 heteroatoms. The lowest BCUT2D eigenvalue weighted by molar-refractivity contribution is -0.129. The van der Waals surface area contributed by atoms with Gasteiger partial charge < -0.3 is 15.5 Å². The molecule has 0 aliphatic rings. The van der Waals surface area contributed by atoms with Crippen molar-refractivity contribution in [2.45, 2.75) is 46.1 Å². The van der Waals surface area contributed by atoms with Crippen LogP contribution in [0.3, 0.4) is 0 Å². The fourth-order valence-corrected chi connectivity index (χ4v) is 3.27. The van der Waals surface area contributed by atoms with Gasteiger partial charge in [-0.15, -0.1) is 0 Å². The highest BCUT2D eigenvalue weighted by Gasteiger charge is 2.38. The average molecular weight is 380 g/mol. The monoisotopic (exact) mass is 379 g/mol.